The third-order valence-electron chi connectivity index (χ3n) is 2.60. The quantitative estimate of drug-likeness (QED) is 0.777. The highest BCUT2D eigenvalue weighted by Crippen LogP contribution is 2.17. The van der Waals surface area contributed by atoms with Crippen molar-refractivity contribution in [3.8, 4) is 0 Å². The topological polar surface area (TPSA) is 83.8 Å². The Kier molecular flexibility index (Phi) is 3.14. The number of H-pyrrole nitrogens is 1. The van der Waals surface area contributed by atoms with Crippen molar-refractivity contribution in [3.63, 3.8) is 0 Å². The summed E-state index contributed by atoms with van der Waals surface area (Å²) in [6, 6.07) is 1.93. The van der Waals surface area contributed by atoms with Gasteiger partial charge in [0.1, 0.15) is 0 Å². The number of carbonyl (C=O) groups is 1. The Morgan fingerprint density at radius 1 is 1.65 bits per heavy atom. The van der Waals surface area contributed by atoms with Crippen LogP contribution in [0.15, 0.2) is 16.8 Å². The normalized spacial score (nSPS) is 12.4. The Bertz CT molecular complexity index is 518. The number of hydrogen-bond acceptors (Lipinski definition) is 4. The summed E-state index contributed by atoms with van der Waals surface area (Å²) in [5.41, 5.74) is 8.19. The van der Waals surface area contributed by atoms with Crippen LogP contribution in [-0.4, -0.2) is 16.1 Å². The fourth-order valence-corrected chi connectivity index (χ4v) is 2.23. The van der Waals surface area contributed by atoms with Crippen LogP contribution in [0.2, 0.25) is 0 Å². The van der Waals surface area contributed by atoms with Crippen molar-refractivity contribution in [2.24, 2.45) is 0 Å². The molecular formula is C11H14N4OS. The van der Waals surface area contributed by atoms with E-state index in [2.05, 4.69) is 15.5 Å². The molecule has 0 spiro atoms. The van der Waals surface area contributed by atoms with Crippen LogP contribution in [0.3, 0.4) is 0 Å². The summed E-state index contributed by atoms with van der Waals surface area (Å²) in [5.74, 6) is -0.259. The molecule has 0 aliphatic carbocycles. The van der Waals surface area contributed by atoms with E-state index in [4.69, 9.17) is 5.73 Å². The van der Waals surface area contributed by atoms with Crippen molar-refractivity contribution < 1.29 is 4.79 Å². The zero-order chi connectivity index (χ0) is 12.4. The minimum Gasteiger partial charge on any atom is -0.395 e. The van der Waals surface area contributed by atoms with Gasteiger partial charge in [0.2, 0.25) is 0 Å². The molecule has 0 aliphatic heterocycles. The number of aromatic nitrogens is 2. The molecule has 17 heavy (non-hydrogen) atoms. The Morgan fingerprint density at radius 3 is 2.94 bits per heavy atom. The number of nitrogens with two attached hydrogens (primary N) is 1. The largest absolute Gasteiger partial charge is 0.395 e. The van der Waals surface area contributed by atoms with Crippen molar-refractivity contribution in [1.82, 2.24) is 15.5 Å². The molecule has 0 saturated heterocycles. The van der Waals surface area contributed by atoms with Crippen LogP contribution in [0.25, 0.3) is 0 Å². The summed E-state index contributed by atoms with van der Waals surface area (Å²) >= 11 is 1.60. The molecule has 0 aliphatic rings. The molecule has 0 radical (unpaired) electrons. The van der Waals surface area contributed by atoms with Gasteiger partial charge in [0.15, 0.2) is 5.69 Å². The van der Waals surface area contributed by atoms with E-state index >= 15 is 0 Å². The van der Waals surface area contributed by atoms with Gasteiger partial charge in [0.25, 0.3) is 5.91 Å². The fraction of sp³-hybridized carbons (Fsp3) is 0.273. The predicted octanol–water partition coefficient (Wildman–Crippen LogP) is 1.85. The molecule has 2 rings (SSSR count). The van der Waals surface area contributed by atoms with Crippen LogP contribution in [0, 0.1) is 6.92 Å². The number of nitrogen functional groups attached to an aromatic ring is 1. The van der Waals surface area contributed by atoms with Gasteiger partial charge >= 0.3 is 0 Å². The molecule has 2 aromatic rings. The SMILES string of the molecule is Cc1[nH]nc(C(=O)NC(C)c2ccsc2)c1N. The predicted molar refractivity (Wildman–Crippen MR) is 67.9 cm³/mol. The first-order valence-corrected chi connectivity index (χ1v) is 6.17. The van der Waals surface area contributed by atoms with Gasteiger partial charge in [-0.05, 0) is 36.2 Å². The van der Waals surface area contributed by atoms with Crippen LogP contribution in [0.5, 0.6) is 0 Å². The average molecular weight is 250 g/mol. The van der Waals surface area contributed by atoms with Crippen molar-refractivity contribution in [3.05, 3.63) is 33.8 Å². The van der Waals surface area contributed by atoms with Gasteiger partial charge in [-0.2, -0.15) is 16.4 Å². The molecule has 2 heterocycles. The number of hydrogen-bond donors (Lipinski definition) is 3. The number of aromatic amines is 1. The number of aryl methyl sites for hydroxylation is 1. The van der Waals surface area contributed by atoms with Crippen LogP contribution in [-0.2, 0) is 0 Å². The van der Waals surface area contributed by atoms with Gasteiger partial charge < -0.3 is 11.1 Å². The first-order chi connectivity index (χ1) is 8.09. The van der Waals surface area contributed by atoms with Crippen molar-refractivity contribution in [1.29, 1.82) is 0 Å². The first kappa shape index (κ1) is 11.7. The lowest BCUT2D eigenvalue weighted by Crippen LogP contribution is -2.27. The molecular weight excluding hydrogens is 236 g/mol. The van der Waals surface area contributed by atoms with E-state index in [1.165, 1.54) is 0 Å². The van der Waals surface area contributed by atoms with Gasteiger partial charge in [-0.25, -0.2) is 0 Å². The number of anilines is 1. The molecule has 4 N–H and O–H groups in total. The van der Waals surface area contributed by atoms with E-state index in [9.17, 15) is 4.79 Å². The van der Waals surface area contributed by atoms with E-state index < -0.39 is 0 Å². The van der Waals surface area contributed by atoms with Gasteiger partial charge in [-0.1, -0.05) is 0 Å². The molecule has 0 bridgehead atoms. The Labute approximate surface area is 103 Å². The fourth-order valence-electron chi connectivity index (χ4n) is 1.48. The lowest BCUT2D eigenvalue weighted by atomic mass is 10.2. The highest BCUT2D eigenvalue weighted by molar-refractivity contribution is 7.07. The van der Waals surface area contributed by atoms with Crippen molar-refractivity contribution >= 4 is 22.9 Å². The smallest absolute Gasteiger partial charge is 0.274 e. The minimum atomic E-state index is -0.259. The van der Waals surface area contributed by atoms with Crippen LogP contribution in [0.1, 0.15) is 34.7 Å². The standard InChI is InChI=1S/C11H14N4OS/c1-6(8-3-4-17-5-8)13-11(16)10-9(12)7(2)14-15-10/h3-6H,12H2,1-2H3,(H,13,16)(H,14,15). The van der Waals surface area contributed by atoms with Gasteiger partial charge in [-0.15, -0.1) is 0 Å². The van der Waals surface area contributed by atoms with E-state index in [1.54, 1.807) is 18.3 Å². The zero-order valence-electron chi connectivity index (χ0n) is 9.65. The monoisotopic (exact) mass is 250 g/mol. The van der Waals surface area contributed by atoms with Crippen LogP contribution < -0.4 is 11.1 Å². The van der Waals surface area contributed by atoms with Crippen molar-refractivity contribution in [2.45, 2.75) is 19.9 Å². The third kappa shape index (κ3) is 2.31. The molecule has 1 atom stereocenters. The van der Waals surface area contributed by atoms with Gasteiger partial charge in [0.05, 0.1) is 17.4 Å². The summed E-state index contributed by atoms with van der Waals surface area (Å²) in [6.07, 6.45) is 0. The second-order valence-electron chi connectivity index (χ2n) is 3.86. The summed E-state index contributed by atoms with van der Waals surface area (Å²) < 4.78 is 0. The number of amides is 1. The lowest BCUT2D eigenvalue weighted by molar-refractivity contribution is 0.0936. The van der Waals surface area contributed by atoms with E-state index in [0.29, 0.717) is 11.4 Å². The number of rotatable bonds is 3. The second kappa shape index (κ2) is 4.58. The van der Waals surface area contributed by atoms with E-state index in [0.717, 1.165) is 5.56 Å². The number of nitrogens with zero attached hydrogens (tertiary/aromatic N) is 1. The van der Waals surface area contributed by atoms with Gasteiger partial charge in [-0.3, -0.25) is 9.89 Å². The van der Waals surface area contributed by atoms with Crippen LogP contribution >= 0.6 is 11.3 Å². The molecule has 1 amide bonds. The minimum absolute atomic E-state index is 0.0508. The number of thiophene rings is 1. The van der Waals surface area contributed by atoms with Gasteiger partial charge in [0, 0.05) is 0 Å². The molecule has 1 unspecified atom stereocenters. The zero-order valence-corrected chi connectivity index (χ0v) is 10.5. The van der Waals surface area contributed by atoms with E-state index in [1.807, 2.05) is 23.8 Å². The third-order valence-corrected chi connectivity index (χ3v) is 3.30. The molecule has 6 heteroatoms. The lowest BCUT2D eigenvalue weighted by Gasteiger charge is -2.11. The molecule has 0 saturated carbocycles. The number of nitrogens with one attached hydrogen (secondary N) is 2. The van der Waals surface area contributed by atoms with Crippen molar-refractivity contribution in [2.75, 3.05) is 5.73 Å². The van der Waals surface area contributed by atoms with Crippen LogP contribution in [0.4, 0.5) is 5.69 Å². The first-order valence-electron chi connectivity index (χ1n) is 5.23. The molecule has 0 fully saturated rings. The average Bonchev–Trinajstić information content (AvgIpc) is 2.90. The van der Waals surface area contributed by atoms with E-state index in [-0.39, 0.29) is 17.6 Å². The summed E-state index contributed by atoms with van der Waals surface area (Å²) in [6.45, 7) is 3.71. The summed E-state index contributed by atoms with van der Waals surface area (Å²) in [7, 11) is 0. The maximum atomic E-state index is 11.9. The Hall–Kier alpha value is -1.82. The molecule has 5 nitrogen and oxygen atoms in total. The maximum Gasteiger partial charge on any atom is 0.274 e. The summed E-state index contributed by atoms with van der Waals surface area (Å²) in [4.78, 5) is 11.9. The maximum absolute atomic E-state index is 11.9. The summed E-state index contributed by atoms with van der Waals surface area (Å²) in [5, 5.41) is 13.4. The molecule has 0 aromatic carbocycles. The highest BCUT2D eigenvalue weighted by Gasteiger charge is 2.17. The molecule has 2 aromatic heterocycles. The highest BCUT2D eigenvalue weighted by atomic mass is 32.1. The second-order valence-corrected chi connectivity index (χ2v) is 4.64. The Morgan fingerprint density at radius 2 is 2.41 bits per heavy atom. The Balaban J connectivity index is 2.10. The number of carbonyl (C=O) groups excluding carboxylic acids is 1. The molecule has 90 valence electrons.